The van der Waals surface area contributed by atoms with Crippen molar-refractivity contribution in [2.75, 3.05) is 0 Å². The molecule has 0 aliphatic carbocycles. The number of hydrogen-bond acceptors (Lipinski definition) is 5. The van der Waals surface area contributed by atoms with Gasteiger partial charge < -0.3 is 11.7 Å². The minimum absolute atomic E-state index is 0. The summed E-state index contributed by atoms with van der Waals surface area (Å²) in [6, 6.07) is 5.01. The van der Waals surface area contributed by atoms with E-state index in [1.165, 1.54) is 0 Å². The van der Waals surface area contributed by atoms with Crippen molar-refractivity contribution in [1.29, 1.82) is 0 Å². The van der Waals surface area contributed by atoms with Gasteiger partial charge in [0, 0.05) is 34.6 Å². The predicted molar refractivity (Wildman–Crippen MR) is 64.9 cm³/mol. The molecule has 2 rings (SSSR count). The summed E-state index contributed by atoms with van der Waals surface area (Å²) in [6.45, 7) is 0. The number of aromatic nitrogens is 1. The molecule has 85 valence electrons. The topological polar surface area (TPSA) is 47.0 Å². The van der Waals surface area contributed by atoms with Crippen LogP contribution in [-0.4, -0.2) is 43.0 Å². The molecule has 3 nitrogen and oxygen atoms in total. The summed E-state index contributed by atoms with van der Waals surface area (Å²) in [4.78, 5) is 3.89. The number of halogens is 1. The van der Waals surface area contributed by atoms with Gasteiger partial charge in [0.15, 0.2) is 4.34 Å². The largest absolute Gasteiger partial charge is 1.00 e. The molecule has 0 N–H and O–H groups in total. The Morgan fingerprint density at radius 2 is 2.00 bits per heavy atom. The van der Waals surface area contributed by atoms with Crippen LogP contribution in [0.5, 0.6) is 0 Å². The number of hydrogen-bond donors (Lipinski definition) is 0. The molecule has 16 heavy (non-hydrogen) atoms. The van der Waals surface area contributed by atoms with Crippen LogP contribution in [0.1, 0.15) is 0 Å². The molecule has 0 bridgehead atoms. The van der Waals surface area contributed by atoms with Crippen molar-refractivity contribution in [1.82, 2.24) is 4.98 Å². The fourth-order valence-electron chi connectivity index (χ4n) is 0.986. The second kappa shape index (κ2) is 6.56. The number of rotatable bonds is 1. The standard InChI is InChI=1S/C7H4ClNO2S3.Au.Na/c8-4-1-2-6-5(3-4)9-7(13-6)14(10,11)12;;/h1-3H,(H,10,11,12);;/q;+1;/p-1. The van der Waals surface area contributed by atoms with Crippen LogP contribution in [-0.2, 0) is 42.9 Å². The summed E-state index contributed by atoms with van der Waals surface area (Å²) >= 11 is 11.1. The van der Waals surface area contributed by atoms with E-state index in [1.54, 1.807) is 18.2 Å². The van der Waals surface area contributed by atoms with Crippen molar-refractivity contribution in [3.8, 4) is 0 Å². The average Bonchev–Trinajstić information content (AvgIpc) is 2.45. The molecule has 0 fully saturated rings. The molecule has 0 amide bonds. The van der Waals surface area contributed by atoms with Crippen molar-refractivity contribution in [2.45, 2.75) is 4.34 Å². The molecule has 0 spiro atoms. The van der Waals surface area contributed by atoms with E-state index < -0.39 is 8.87 Å². The van der Waals surface area contributed by atoms with E-state index in [2.05, 4.69) is 16.6 Å². The van der Waals surface area contributed by atoms with E-state index in [0.717, 1.165) is 16.0 Å². The van der Waals surface area contributed by atoms with Crippen LogP contribution < -0.4 is 0 Å². The fraction of sp³-hybridized carbons (Fsp3) is 0. The zero-order chi connectivity index (χ0) is 10.3. The monoisotopic (exact) mass is 484 g/mol. The summed E-state index contributed by atoms with van der Waals surface area (Å²) in [7, 11) is -3.63. The Bertz CT molecular complexity index is 601. The second-order valence-electron chi connectivity index (χ2n) is 2.55. The van der Waals surface area contributed by atoms with Crippen LogP contribution in [0.25, 0.3) is 10.2 Å². The first-order valence-corrected chi connectivity index (χ1v) is 7.09. The van der Waals surface area contributed by atoms with Crippen LogP contribution in [0.2, 0.25) is 5.02 Å². The average molecular weight is 485 g/mol. The van der Waals surface area contributed by atoms with E-state index in [0.29, 0.717) is 10.5 Å². The number of fused-ring (bicyclic) bond motifs is 1. The van der Waals surface area contributed by atoms with Crippen molar-refractivity contribution in [3.05, 3.63) is 23.2 Å². The third kappa shape index (κ3) is 3.98. The van der Waals surface area contributed by atoms with Crippen LogP contribution in [0.4, 0.5) is 0 Å². The first-order valence-electron chi connectivity index (χ1n) is 3.49. The number of thiazole rings is 1. The van der Waals surface area contributed by atoms with Gasteiger partial charge in [-0.3, -0.25) is 0 Å². The van der Waals surface area contributed by atoms with Gasteiger partial charge in [0.05, 0.1) is 19.1 Å². The first kappa shape index (κ1) is 17.4. The van der Waals surface area contributed by atoms with Gasteiger partial charge in [-0.05, 0) is 18.2 Å². The zero-order valence-electron chi connectivity index (χ0n) is 7.90. The zero-order valence-corrected chi connectivity index (χ0v) is 15.3. The SMILES string of the molecule is O=S(=O)([S-])c1nc2cc(Cl)ccc2s1.[Au+].[Na]. The molecule has 0 saturated carbocycles. The molecule has 1 aromatic heterocycles. The quantitative estimate of drug-likeness (QED) is 0.352. The van der Waals surface area contributed by atoms with Gasteiger partial charge in [0.1, 0.15) is 0 Å². The minimum atomic E-state index is -3.63. The molecule has 0 aliphatic rings. The maximum absolute atomic E-state index is 11.0. The van der Waals surface area contributed by atoms with Crippen LogP contribution >= 0.6 is 22.9 Å². The maximum Gasteiger partial charge on any atom is 1.00 e. The summed E-state index contributed by atoms with van der Waals surface area (Å²) < 4.78 is 22.7. The van der Waals surface area contributed by atoms with Crippen LogP contribution in [0.3, 0.4) is 0 Å². The fourth-order valence-corrected chi connectivity index (χ4v) is 3.14. The Labute approximate surface area is 145 Å². The number of benzene rings is 1. The van der Waals surface area contributed by atoms with Crippen molar-refractivity contribution in [3.63, 3.8) is 0 Å². The second-order valence-corrected chi connectivity index (χ2v) is 6.88. The van der Waals surface area contributed by atoms with Gasteiger partial charge in [-0.25, -0.2) is 13.4 Å². The Kier molecular flexibility index (Phi) is 7.15. The van der Waals surface area contributed by atoms with E-state index in [-0.39, 0.29) is 56.3 Å². The van der Waals surface area contributed by atoms with Gasteiger partial charge in [0.25, 0.3) is 0 Å². The van der Waals surface area contributed by atoms with Crippen molar-refractivity contribution in [2.24, 2.45) is 0 Å². The molecule has 1 aromatic carbocycles. The molecule has 0 saturated heterocycles. The summed E-state index contributed by atoms with van der Waals surface area (Å²) in [5.41, 5.74) is 0.561. The smallest absolute Gasteiger partial charge is 0.641 e. The Hall–Kier alpha value is 1.44. The molecule has 1 heterocycles. The molecule has 0 atom stereocenters. The van der Waals surface area contributed by atoms with E-state index in [1.807, 2.05) is 0 Å². The summed E-state index contributed by atoms with van der Waals surface area (Å²) in [5.74, 6) is 0. The Balaban J connectivity index is 0.00000112. The maximum atomic E-state index is 11.0. The molecule has 2 aromatic rings. The van der Waals surface area contributed by atoms with Gasteiger partial charge in [-0.15, -0.1) is 11.3 Å². The first-order chi connectivity index (χ1) is 6.47. The minimum Gasteiger partial charge on any atom is -0.641 e. The Morgan fingerprint density at radius 3 is 2.56 bits per heavy atom. The normalized spacial score (nSPS) is 10.6. The molecular formula is C7H3AuClNNaO2S3. The predicted octanol–water partition coefficient (Wildman–Crippen LogP) is 1.80. The molecule has 9 heteroatoms. The van der Waals surface area contributed by atoms with Gasteiger partial charge in [-0.2, -0.15) is 0 Å². The summed E-state index contributed by atoms with van der Waals surface area (Å²) in [6.07, 6.45) is 0. The molecule has 0 aliphatic heterocycles. The van der Waals surface area contributed by atoms with Gasteiger partial charge in [-0.1, -0.05) is 11.6 Å². The van der Waals surface area contributed by atoms with E-state index in [9.17, 15) is 8.42 Å². The Morgan fingerprint density at radius 1 is 1.38 bits per heavy atom. The van der Waals surface area contributed by atoms with Gasteiger partial charge >= 0.3 is 22.4 Å². The number of nitrogens with zero attached hydrogens (tertiary/aromatic N) is 1. The molecular weight excluding hydrogens is 482 g/mol. The van der Waals surface area contributed by atoms with Crippen LogP contribution in [0, 0.1) is 0 Å². The third-order valence-electron chi connectivity index (χ3n) is 1.54. The summed E-state index contributed by atoms with van der Waals surface area (Å²) in [5, 5.41) is 0.524. The van der Waals surface area contributed by atoms with Crippen molar-refractivity contribution >= 4 is 83.2 Å². The van der Waals surface area contributed by atoms with E-state index >= 15 is 0 Å². The molecule has 1 radical (unpaired) electrons. The molecule has 0 unspecified atom stereocenters. The van der Waals surface area contributed by atoms with Crippen molar-refractivity contribution < 1.29 is 30.8 Å². The van der Waals surface area contributed by atoms with Crippen LogP contribution in [0.15, 0.2) is 22.5 Å². The van der Waals surface area contributed by atoms with Gasteiger partial charge in [0.2, 0.25) is 0 Å². The third-order valence-corrected chi connectivity index (χ3v) is 4.83. The van der Waals surface area contributed by atoms with E-state index in [4.69, 9.17) is 11.6 Å².